The Morgan fingerprint density at radius 3 is 0.773 bits per heavy atom. The van der Waals surface area contributed by atoms with Crippen LogP contribution in [0.25, 0.3) is 0 Å². The largest absolute Gasteiger partial charge is 0.472 e. The number of aliphatic hydroxyl groups is 1. The number of aliphatic hydroxyl groups excluding tert-OH is 1. The van der Waals surface area contributed by atoms with Crippen LogP contribution in [0.5, 0.6) is 0 Å². The minimum absolute atomic E-state index is 0.105. The van der Waals surface area contributed by atoms with Crippen LogP contribution in [0, 0.1) is 11.8 Å². The normalized spacial score (nSPS) is 14.2. The molecule has 0 saturated heterocycles. The molecule has 0 aromatic carbocycles. The Hall–Kier alpha value is -1.94. The van der Waals surface area contributed by atoms with E-state index in [1.807, 2.05) is 0 Å². The average molecular weight is 1300 g/mol. The van der Waals surface area contributed by atoms with Crippen LogP contribution in [0.4, 0.5) is 0 Å². The van der Waals surface area contributed by atoms with Gasteiger partial charge in [0, 0.05) is 25.7 Å². The third kappa shape index (κ3) is 62.8. The van der Waals surface area contributed by atoms with Crippen LogP contribution in [-0.2, 0) is 65.4 Å². The second kappa shape index (κ2) is 61.3. The molecule has 5 atom stereocenters. The number of phosphoric ester groups is 2. The summed E-state index contributed by atoms with van der Waals surface area (Å²) in [7, 11) is -9.89. The van der Waals surface area contributed by atoms with Crippen LogP contribution in [0.1, 0.15) is 350 Å². The summed E-state index contributed by atoms with van der Waals surface area (Å²) in [6.07, 6.45) is 45.8. The number of hydrogen-bond donors (Lipinski definition) is 3. The van der Waals surface area contributed by atoms with E-state index in [9.17, 15) is 43.2 Å². The zero-order valence-electron chi connectivity index (χ0n) is 57.0. The van der Waals surface area contributed by atoms with Crippen molar-refractivity contribution in [2.24, 2.45) is 11.8 Å². The molecule has 0 heterocycles. The van der Waals surface area contributed by atoms with Gasteiger partial charge in [-0.1, -0.05) is 298 Å². The van der Waals surface area contributed by atoms with Gasteiger partial charge < -0.3 is 33.8 Å². The highest BCUT2D eigenvalue weighted by atomic mass is 31.2. The number of esters is 4. The Balaban J connectivity index is 5.20. The van der Waals surface area contributed by atoms with E-state index in [2.05, 4.69) is 41.5 Å². The summed E-state index contributed by atoms with van der Waals surface area (Å²) in [4.78, 5) is 72.3. The molecule has 19 heteroatoms. The molecule has 0 aliphatic carbocycles. The number of carbonyl (C=O) groups is 4. The Bertz CT molecular complexity index is 1720. The van der Waals surface area contributed by atoms with Crippen molar-refractivity contribution in [2.45, 2.75) is 368 Å². The maximum absolute atomic E-state index is 13.0. The van der Waals surface area contributed by atoms with Crippen molar-refractivity contribution in [3.63, 3.8) is 0 Å². The summed E-state index contributed by atoms with van der Waals surface area (Å²) in [6, 6.07) is 0. The molecule has 17 nitrogen and oxygen atoms in total. The van der Waals surface area contributed by atoms with Crippen LogP contribution in [-0.4, -0.2) is 96.7 Å². The SMILES string of the molecule is CCCCCCCCCCCC(=O)O[C@H](COC(=O)CCCCCCCCCC)COP(=O)(O)OC[C@H](O)COP(=O)(O)OC[C@@H](COC(=O)CCCCCCCCCCCCCC(C)C)OC(=O)CCCCCCCCCCCCCCCCC(C)C. The second-order valence-corrected chi connectivity index (χ2v) is 28.8. The monoisotopic (exact) mass is 1300 g/mol. The summed E-state index contributed by atoms with van der Waals surface area (Å²) in [6.45, 7) is 9.52. The minimum Gasteiger partial charge on any atom is -0.462 e. The number of rotatable bonds is 68. The number of ether oxygens (including phenoxy) is 4. The molecule has 0 saturated carbocycles. The first-order valence-electron chi connectivity index (χ1n) is 36.0. The van der Waals surface area contributed by atoms with Gasteiger partial charge in [-0.2, -0.15) is 0 Å². The molecule has 0 rings (SSSR count). The molecular weight excluding hydrogens is 1160 g/mol. The van der Waals surface area contributed by atoms with Crippen LogP contribution >= 0.6 is 15.6 Å². The Morgan fingerprint density at radius 1 is 0.307 bits per heavy atom. The van der Waals surface area contributed by atoms with Gasteiger partial charge in [0.05, 0.1) is 26.4 Å². The van der Waals surface area contributed by atoms with E-state index < -0.39 is 97.5 Å². The number of carbonyl (C=O) groups excluding carboxylic acids is 4. The molecule has 0 radical (unpaired) electrons. The number of hydrogen-bond acceptors (Lipinski definition) is 15. The van der Waals surface area contributed by atoms with Gasteiger partial charge in [0.2, 0.25) is 0 Å². The lowest BCUT2D eigenvalue weighted by molar-refractivity contribution is -0.161. The number of phosphoric acid groups is 2. The molecule has 0 bridgehead atoms. The molecule has 0 aliphatic heterocycles. The van der Waals surface area contributed by atoms with Crippen LogP contribution < -0.4 is 0 Å². The molecule has 0 fully saturated rings. The first-order chi connectivity index (χ1) is 42.4. The first kappa shape index (κ1) is 86.1. The van der Waals surface area contributed by atoms with E-state index in [1.54, 1.807) is 0 Å². The van der Waals surface area contributed by atoms with Crippen molar-refractivity contribution in [3.05, 3.63) is 0 Å². The fourth-order valence-electron chi connectivity index (χ4n) is 10.4. The zero-order valence-corrected chi connectivity index (χ0v) is 58.8. The smallest absolute Gasteiger partial charge is 0.462 e. The summed E-state index contributed by atoms with van der Waals surface area (Å²) in [5, 5.41) is 10.6. The van der Waals surface area contributed by atoms with Gasteiger partial charge in [0.15, 0.2) is 12.2 Å². The summed E-state index contributed by atoms with van der Waals surface area (Å²) in [5.74, 6) is -0.562. The Labute approximate surface area is 537 Å². The van der Waals surface area contributed by atoms with Gasteiger partial charge in [0.25, 0.3) is 0 Å². The van der Waals surface area contributed by atoms with E-state index >= 15 is 0 Å². The van der Waals surface area contributed by atoms with Gasteiger partial charge in [-0.05, 0) is 37.5 Å². The highest BCUT2D eigenvalue weighted by molar-refractivity contribution is 7.47. The lowest BCUT2D eigenvalue weighted by Crippen LogP contribution is -2.30. The van der Waals surface area contributed by atoms with E-state index in [-0.39, 0.29) is 25.7 Å². The van der Waals surface area contributed by atoms with Crippen LogP contribution in [0.15, 0.2) is 0 Å². The first-order valence-corrected chi connectivity index (χ1v) is 39.0. The molecule has 2 unspecified atom stereocenters. The van der Waals surface area contributed by atoms with Crippen molar-refractivity contribution >= 4 is 39.5 Å². The van der Waals surface area contributed by atoms with Crippen molar-refractivity contribution in [1.82, 2.24) is 0 Å². The lowest BCUT2D eigenvalue weighted by Gasteiger charge is -2.21. The molecular formula is C69H134O17P2. The van der Waals surface area contributed by atoms with Gasteiger partial charge in [0.1, 0.15) is 19.3 Å². The maximum atomic E-state index is 13.0. The van der Waals surface area contributed by atoms with Gasteiger partial charge in [-0.15, -0.1) is 0 Å². The minimum atomic E-state index is -4.95. The highest BCUT2D eigenvalue weighted by Gasteiger charge is 2.30. The second-order valence-electron chi connectivity index (χ2n) is 25.9. The van der Waals surface area contributed by atoms with Gasteiger partial charge in [-0.3, -0.25) is 37.3 Å². The molecule has 0 spiro atoms. The van der Waals surface area contributed by atoms with E-state index in [0.29, 0.717) is 25.7 Å². The summed E-state index contributed by atoms with van der Waals surface area (Å²) in [5.41, 5.74) is 0. The molecule has 88 heavy (non-hydrogen) atoms. The highest BCUT2D eigenvalue weighted by Crippen LogP contribution is 2.45. The molecule has 522 valence electrons. The van der Waals surface area contributed by atoms with E-state index in [0.717, 1.165) is 108 Å². The molecule has 0 amide bonds. The fraction of sp³-hybridized carbons (Fsp3) is 0.942. The average Bonchev–Trinajstić information content (AvgIpc) is 3.53. The van der Waals surface area contributed by atoms with Crippen molar-refractivity contribution in [2.75, 3.05) is 39.6 Å². The third-order valence-electron chi connectivity index (χ3n) is 16.0. The third-order valence-corrected chi connectivity index (χ3v) is 17.9. The van der Waals surface area contributed by atoms with Crippen molar-refractivity contribution in [1.29, 1.82) is 0 Å². The van der Waals surface area contributed by atoms with Gasteiger partial charge >= 0.3 is 39.5 Å². The van der Waals surface area contributed by atoms with E-state index in [4.69, 9.17) is 37.0 Å². The quantitative estimate of drug-likeness (QED) is 0.0222. The fourth-order valence-corrected chi connectivity index (χ4v) is 12.0. The maximum Gasteiger partial charge on any atom is 0.472 e. The molecule has 3 N–H and O–H groups in total. The molecule has 0 aromatic rings. The van der Waals surface area contributed by atoms with Crippen LogP contribution in [0.3, 0.4) is 0 Å². The Kier molecular flexibility index (Phi) is 59.9. The van der Waals surface area contributed by atoms with Crippen molar-refractivity contribution in [3.8, 4) is 0 Å². The topological polar surface area (TPSA) is 237 Å². The lowest BCUT2D eigenvalue weighted by atomic mass is 10.0. The summed E-state index contributed by atoms with van der Waals surface area (Å²) < 4.78 is 68.1. The van der Waals surface area contributed by atoms with Gasteiger partial charge in [-0.25, -0.2) is 9.13 Å². The standard InChI is InChI=1S/C69H134O17P2/c1-7-9-11-13-15-26-35-41-47-53-68(73)85-64(57-79-66(71)51-45-39-33-16-14-12-10-8-2)59-83-87(75,76)81-55-63(70)56-82-88(77,78)84-60-65(58-80-67(72)52-46-40-34-29-25-21-23-28-32-38-44-50-62(5)6)86-69(74)54-48-42-36-30-24-20-18-17-19-22-27-31-37-43-49-61(3)4/h61-65,70H,7-60H2,1-6H3,(H,75,76)(H,77,78)/t63-,64+,65+/m0/s1. The predicted molar refractivity (Wildman–Crippen MR) is 354 cm³/mol. The van der Waals surface area contributed by atoms with Crippen molar-refractivity contribution < 1.29 is 80.2 Å². The zero-order chi connectivity index (χ0) is 65.0. The predicted octanol–water partition coefficient (Wildman–Crippen LogP) is 19.6. The molecule has 0 aliphatic rings. The summed E-state index contributed by atoms with van der Waals surface area (Å²) >= 11 is 0. The molecule has 0 aromatic heterocycles. The Morgan fingerprint density at radius 2 is 0.523 bits per heavy atom. The van der Waals surface area contributed by atoms with E-state index in [1.165, 1.54) is 161 Å². The number of unbranched alkanes of at least 4 members (excludes halogenated alkanes) is 38. The van der Waals surface area contributed by atoms with Crippen LogP contribution in [0.2, 0.25) is 0 Å².